The van der Waals surface area contributed by atoms with E-state index < -0.39 is 18.0 Å². The van der Waals surface area contributed by atoms with Gasteiger partial charge >= 0.3 is 12.1 Å². The van der Waals surface area contributed by atoms with Crippen LogP contribution in [0.2, 0.25) is 0 Å². The fraction of sp³-hybridized carbons (Fsp3) is 0.263. The van der Waals surface area contributed by atoms with Crippen molar-refractivity contribution in [3.63, 3.8) is 0 Å². The average Bonchev–Trinajstić information content (AvgIpc) is 2.61. The van der Waals surface area contributed by atoms with Crippen LogP contribution in [0, 0.1) is 6.92 Å². The monoisotopic (exact) mass is 380 g/mol. The van der Waals surface area contributed by atoms with Gasteiger partial charge in [0.15, 0.2) is 0 Å². The molecule has 0 spiro atoms. The first-order valence-electron chi connectivity index (χ1n) is 8.18. The molecule has 5 nitrogen and oxygen atoms in total. The Labute approximate surface area is 154 Å². The lowest BCUT2D eigenvalue weighted by Crippen LogP contribution is -2.40. The van der Waals surface area contributed by atoms with E-state index in [1.807, 2.05) is 0 Å². The van der Waals surface area contributed by atoms with Gasteiger partial charge in [0, 0.05) is 18.8 Å². The number of hydrogen-bond acceptors (Lipinski definition) is 3. The SMILES string of the molecule is CCN(Cc1cccc(NC(=O)c2cccc(C)c2O)c1)C(=O)C(F)(F)F. The van der Waals surface area contributed by atoms with E-state index in [1.54, 1.807) is 37.3 Å². The van der Waals surface area contributed by atoms with E-state index >= 15 is 0 Å². The van der Waals surface area contributed by atoms with Gasteiger partial charge in [0.1, 0.15) is 5.75 Å². The first kappa shape index (κ1) is 20.3. The second-order valence-electron chi connectivity index (χ2n) is 5.94. The van der Waals surface area contributed by atoms with Crippen molar-refractivity contribution < 1.29 is 27.9 Å². The number of nitrogens with one attached hydrogen (secondary N) is 1. The fourth-order valence-electron chi connectivity index (χ4n) is 2.51. The summed E-state index contributed by atoms with van der Waals surface area (Å²) in [5.41, 5.74) is 1.40. The van der Waals surface area contributed by atoms with Crippen LogP contribution >= 0.6 is 0 Å². The molecule has 0 saturated heterocycles. The number of halogens is 3. The van der Waals surface area contributed by atoms with Gasteiger partial charge < -0.3 is 15.3 Å². The molecule has 2 aromatic carbocycles. The molecule has 2 N–H and O–H groups in total. The van der Waals surface area contributed by atoms with Gasteiger partial charge in [0.2, 0.25) is 0 Å². The smallest absolute Gasteiger partial charge is 0.471 e. The van der Waals surface area contributed by atoms with E-state index in [0.717, 1.165) is 0 Å². The first-order valence-corrected chi connectivity index (χ1v) is 8.18. The number of carbonyl (C=O) groups excluding carboxylic acids is 2. The van der Waals surface area contributed by atoms with Crippen molar-refractivity contribution in [2.24, 2.45) is 0 Å². The zero-order valence-electron chi connectivity index (χ0n) is 14.8. The summed E-state index contributed by atoms with van der Waals surface area (Å²) < 4.78 is 37.9. The molecule has 2 amide bonds. The van der Waals surface area contributed by atoms with Gasteiger partial charge in [-0.05, 0) is 43.2 Å². The first-order chi connectivity index (χ1) is 12.6. The Hall–Kier alpha value is -3.03. The third kappa shape index (κ3) is 4.99. The van der Waals surface area contributed by atoms with Crippen molar-refractivity contribution in [1.82, 2.24) is 4.90 Å². The van der Waals surface area contributed by atoms with Crippen LogP contribution in [0.15, 0.2) is 42.5 Å². The molecule has 0 heterocycles. The summed E-state index contributed by atoms with van der Waals surface area (Å²) in [5.74, 6) is -2.60. The van der Waals surface area contributed by atoms with Gasteiger partial charge in [0.25, 0.3) is 5.91 Å². The van der Waals surface area contributed by atoms with Gasteiger partial charge in [-0.25, -0.2) is 0 Å². The number of carbonyl (C=O) groups is 2. The van der Waals surface area contributed by atoms with Crippen molar-refractivity contribution in [3.05, 3.63) is 59.2 Å². The predicted octanol–water partition coefficient (Wildman–Crippen LogP) is 3.86. The highest BCUT2D eigenvalue weighted by Gasteiger charge is 2.41. The lowest BCUT2D eigenvalue weighted by molar-refractivity contribution is -0.185. The summed E-state index contributed by atoms with van der Waals surface area (Å²) in [6.07, 6.45) is -4.94. The molecule has 0 aliphatic heterocycles. The highest BCUT2D eigenvalue weighted by atomic mass is 19.4. The summed E-state index contributed by atoms with van der Waals surface area (Å²) in [4.78, 5) is 24.4. The van der Waals surface area contributed by atoms with Crippen molar-refractivity contribution in [3.8, 4) is 5.75 Å². The number of amides is 2. The number of phenols is 1. The third-order valence-corrected chi connectivity index (χ3v) is 3.95. The van der Waals surface area contributed by atoms with Gasteiger partial charge in [-0.3, -0.25) is 9.59 Å². The van der Waals surface area contributed by atoms with Crippen LogP contribution < -0.4 is 5.32 Å². The van der Waals surface area contributed by atoms with Crippen molar-refractivity contribution in [2.75, 3.05) is 11.9 Å². The molecule has 0 aliphatic rings. The van der Waals surface area contributed by atoms with Crippen LogP contribution in [-0.4, -0.2) is 34.5 Å². The number of phenolic OH excluding ortho intramolecular Hbond substituents is 1. The van der Waals surface area contributed by atoms with Crippen LogP contribution in [0.4, 0.5) is 18.9 Å². The van der Waals surface area contributed by atoms with E-state index in [9.17, 15) is 27.9 Å². The molecule has 0 radical (unpaired) electrons. The molecular formula is C19H19F3N2O3. The minimum atomic E-state index is -4.94. The number of para-hydroxylation sites is 1. The summed E-state index contributed by atoms with van der Waals surface area (Å²) in [7, 11) is 0. The second kappa shape index (κ2) is 8.11. The van der Waals surface area contributed by atoms with Crippen LogP contribution in [0.1, 0.15) is 28.4 Å². The molecule has 0 bridgehead atoms. The Morgan fingerprint density at radius 1 is 1.15 bits per heavy atom. The van der Waals surface area contributed by atoms with Crippen molar-refractivity contribution in [1.29, 1.82) is 0 Å². The molecule has 0 atom stereocenters. The van der Waals surface area contributed by atoms with E-state index in [2.05, 4.69) is 5.32 Å². The molecule has 2 rings (SSSR count). The second-order valence-corrected chi connectivity index (χ2v) is 5.94. The molecule has 2 aromatic rings. The number of aryl methyl sites for hydroxylation is 1. The van der Waals surface area contributed by atoms with Crippen LogP contribution in [-0.2, 0) is 11.3 Å². The fourth-order valence-corrected chi connectivity index (χ4v) is 2.51. The van der Waals surface area contributed by atoms with E-state index in [0.29, 0.717) is 21.7 Å². The Balaban J connectivity index is 2.16. The zero-order valence-corrected chi connectivity index (χ0v) is 14.8. The van der Waals surface area contributed by atoms with Crippen LogP contribution in [0.25, 0.3) is 0 Å². The van der Waals surface area contributed by atoms with Crippen molar-refractivity contribution in [2.45, 2.75) is 26.6 Å². The Morgan fingerprint density at radius 3 is 2.44 bits per heavy atom. The largest absolute Gasteiger partial charge is 0.507 e. The van der Waals surface area contributed by atoms with E-state index in [-0.39, 0.29) is 24.4 Å². The Morgan fingerprint density at radius 2 is 1.81 bits per heavy atom. The van der Waals surface area contributed by atoms with Gasteiger partial charge in [0.05, 0.1) is 5.56 Å². The molecule has 0 aliphatic carbocycles. The van der Waals surface area contributed by atoms with Crippen LogP contribution in [0.3, 0.4) is 0 Å². The molecule has 0 fully saturated rings. The van der Waals surface area contributed by atoms with Gasteiger partial charge in [-0.2, -0.15) is 13.2 Å². The molecule has 27 heavy (non-hydrogen) atoms. The number of alkyl halides is 3. The minimum absolute atomic E-state index is 0.0860. The molecule has 0 saturated carbocycles. The highest BCUT2D eigenvalue weighted by Crippen LogP contribution is 2.24. The maximum absolute atomic E-state index is 12.6. The van der Waals surface area contributed by atoms with Crippen LogP contribution in [0.5, 0.6) is 5.75 Å². The summed E-state index contributed by atoms with van der Waals surface area (Å²) in [5, 5.41) is 12.6. The molecule has 8 heteroatoms. The highest BCUT2D eigenvalue weighted by molar-refractivity contribution is 6.06. The molecule has 0 aromatic heterocycles. The normalized spacial score (nSPS) is 11.1. The molecule has 144 valence electrons. The number of hydrogen-bond donors (Lipinski definition) is 2. The average molecular weight is 380 g/mol. The zero-order chi connectivity index (χ0) is 20.2. The standard InChI is InChI=1S/C19H19F3N2O3/c1-3-24(18(27)19(20,21)22)11-13-7-5-8-14(10-13)23-17(26)15-9-4-6-12(2)16(15)25/h4-10,25H,3,11H2,1-2H3,(H,23,26). The quantitative estimate of drug-likeness (QED) is 0.828. The number of rotatable bonds is 5. The lowest BCUT2D eigenvalue weighted by Gasteiger charge is -2.22. The number of nitrogens with zero attached hydrogens (tertiary/aromatic N) is 1. The molecular weight excluding hydrogens is 361 g/mol. The summed E-state index contributed by atoms with van der Waals surface area (Å²) in [6.45, 7) is 2.76. The van der Waals surface area contributed by atoms with E-state index in [4.69, 9.17) is 0 Å². The topological polar surface area (TPSA) is 69.6 Å². The molecule has 0 unspecified atom stereocenters. The Kier molecular flexibility index (Phi) is 6.09. The lowest BCUT2D eigenvalue weighted by atomic mass is 10.1. The van der Waals surface area contributed by atoms with Crippen molar-refractivity contribution >= 4 is 17.5 Å². The van der Waals surface area contributed by atoms with E-state index in [1.165, 1.54) is 19.1 Å². The number of anilines is 1. The number of benzene rings is 2. The predicted molar refractivity (Wildman–Crippen MR) is 94.4 cm³/mol. The maximum Gasteiger partial charge on any atom is 0.471 e. The summed E-state index contributed by atoms with van der Waals surface area (Å²) >= 11 is 0. The number of aromatic hydroxyl groups is 1. The van der Waals surface area contributed by atoms with Gasteiger partial charge in [-0.15, -0.1) is 0 Å². The maximum atomic E-state index is 12.6. The minimum Gasteiger partial charge on any atom is -0.507 e. The third-order valence-electron chi connectivity index (χ3n) is 3.95. The summed E-state index contributed by atoms with van der Waals surface area (Å²) in [6, 6.07) is 10.9. The Bertz CT molecular complexity index is 850. The van der Waals surface area contributed by atoms with Gasteiger partial charge in [-0.1, -0.05) is 24.3 Å².